The summed E-state index contributed by atoms with van der Waals surface area (Å²) >= 11 is 4.19. The average molecular weight is 1190 g/mol. The molecule has 7 atom stereocenters. The van der Waals surface area contributed by atoms with E-state index < -0.39 is 65.1 Å². The molecule has 4 heterocycles. The highest BCUT2D eigenvalue weighted by atomic mass is 32.2. The number of aliphatic hydroxyl groups excluding tert-OH is 4. The van der Waals surface area contributed by atoms with E-state index in [1.54, 1.807) is 18.2 Å². The highest BCUT2D eigenvalue weighted by Gasteiger charge is 2.46. The molecule has 0 radical (unpaired) electrons. The van der Waals surface area contributed by atoms with Gasteiger partial charge in [0.15, 0.2) is 22.9 Å². The SMILES string of the molecule is CCc1cccc2c3c([nH]c12)C(CC)(CC(=O)O)OCC3.COc1c(O[C@@H]2O[C@H](CO)[C@@H](O)[C@H](O)[C@H]2O)cc2c(c1OC)-c1ccc(SC)c(=O)cc1[C@@H](NC(C)=O)CC2.NC(N)=Nc1nc(CSCC/C(N)=N/S(N)(=O)=O)cs1. The summed E-state index contributed by atoms with van der Waals surface area (Å²) in [6.45, 7) is 5.52. The number of aliphatic carboxylic acids is 1. The zero-order valence-corrected chi connectivity index (χ0v) is 48.2. The summed E-state index contributed by atoms with van der Waals surface area (Å²) in [4.78, 5) is 48.4. The average Bonchev–Trinajstić information content (AvgIpc) is 4.09. The summed E-state index contributed by atoms with van der Waals surface area (Å²) in [7, 11) is -1.05. The number of carboxylic acids is 1. The molecule has 1 amide bonds. The Bertz CT molecular complexity index is 3240. The number of hydrogen-bond donors (Lipinski definition) is 11. The number of hydrogen-bond acceptors (Lipinski definition) is 19. The summed E-state index contributed by atoms with van der Waals surface area (Å²) in [6, 6.07) is 12.7. The number of aromatic nitrogens is 2. The Hall–Kier alpha value is -6.05. The van der Waals surface area contributed by atoms with Gasteiger partial charge in [-0.25, -0.2) is 10.1 Å². The number of carbonyl (C=O) groups excluding carboxylic acids is 1. The largest absolute Gasteiger partial charge is 0.492 e. The summed E-state index contributed by atoms with van der Waals surface area (Å²) in [6.07, 6.45) is -1.86. The van der Waals surface area contributed by atoms with Crippen LogP contribution in [0.2, 0.25) is 0 Å². The summed E-state index contributed by atoms with van der Waals surface area (Å²) in [5.41, 5.74) is 23.2. The number of ether oxygens (including phenoxy) is 5. The number of amides is 1. The Kier molecular flexibility index (Phi) is 22.2. The van der Waals surface area contributed by atoms with Crippen molar-refractivity contribution in [2.75, 3.05) is 39.4 Å². The van der Waals surface area contributed by atoms with Crippen LogP contribution >= 0.6 is 34.9 Å². The Morgan fingerprint density at radius 1 is 1.04 bits per heavy atom. The topological polar surface area (TPSA) is 402 Å². The van der Waals surface area contributed by atoms with Gasteiger partial charge >= 0.3 is 16.2 Å². The number of aryl methyl sites for hydroxylation is 2. The number of aromatic amines is 1. The number of aliphatic hydroxyl groups is 4. The number of rotatable bonds is 18. The molecule has 0 spiro atoms. The van der Waals surface area contributed by atoms with Crippen LogP contribution in [-0.2, 0) is 59.9 Å². The predicted molar refractivity (Wildman–Crippen MR) is 307 cm³/mol. The normalized spacial score (nSPS) is 21.4. The number of H-pyrrole nitrogens is 1. The summed E-state index contributed by atoms with van der Waals surface area (Å²) in [5, 5.41) is 60.9. The molecule has 3 aromatic carbocycles. The van der Waals surface area contributed by atoms with Gasteiger partial charge in [0.1, 0.15) is 35.9 Å². The first-order valence-electron chi connectivity index (χ1n) is 25.2. The lowest BCUT2D eigenvalue weighted by molar-refractivity contribution is -0.277. The van der Waals surface area contributed by atoms with Crippen LogP contribution in [0.3, 0.4) is 0 Å². The molecule has 24 nitrogen and oxygen atoms in total. The monoisotopic (exact) mass is 1190 g/mol. The van der Waals surface area contributed by atoms with Crippen LogP contribution in [-0.4, -0.2) is 138 Å². The molecule has 28 heteroatoms. The minimum absolute atomic E-state index is 0.00474. The van der Waals surface area contributed by atoms with Crippen LogP contribution in [0.15, 0.2) is 66.9 Å². The summed E-state index contributed by atoms with van der Waals surface area (Å²) < 4.78 is 53.4. The molecular weight excluding hydrogens is 1120 g/mol. The second-order valence-electron chi connectivity index (χ2n) is 18.6. The number of amidine groups is 1. The molecule has 1 aliphatic carbocycles. The standard InChI is InChI=1S/C27H33NO10S.C17H21NO3.C8H15N7O2S3/c1-12(30)28-16-7-5-13-9-18(37-27-24(34)23(33)22(32)19(11-29)38-27)25(35-2)26(36-3)21(13)14-6-8-20(39-4)17(31)10-15(14)16;1-3-11-6-5-7-12-13-8-9-21-17(4-2,10-14(19)20)16(13)18-15(11)12;9-6(15-20(12,16)17)1-2-18-3-5-4-19-8(13-5)14-7(10)11/h6,8-10,16,19,22-24,27,29,32-34H,5,7,11H2,1-4H3,(H,28,30);5-7,18H,3-4,8-10H2,1-2H3,(H,19,20);4H,1-3H2,(H2,9,15)(H2,12,16,17)(H4,10,11,13,14)/t16-,19+,22+,23-,24+,27+;;/m0../s1. The Morgan fingerprint density at radius 2 is 1.77 bits per heavy atom. The molecule has 15 N–H and O–H groups in total. The van der Waals surface area contributed by atoms with E-state index in [1.807, 2.05) is 24.6 Å². The number of thioether (sulfide) groups is 2. The van der Waals surface area contributed by atoms with Gasteiger partial charge in [-0.05, 0) is 84.4 Å². The number of carbonyl (C=O) groups is 2. The molecule has 3 aliphatic rings. The lowest BCUT2D eigenvalue weighted by atomic mass is 9.86. The lowest BCUT2D eigenvalue weighted by Gasteiger charge is -2.39. The second kappa shape index (κ2) is 28.1. The molecule has 2 aromatic heterocycles. The van der Waals surface area contributed by atoms with Crippen molar-refractivity contribution < 1.29 is 67.2 Å². The van der Waals surface area contributed by atoms with Crippen molar-refractivity contribution in [2.45, 2.75) is 119 Å². The summed E-state index contributed by atoms with van der Waals surface area (Å²) in [5.74, 6) is 0.714. The number of methoxy groups -OCH3 is 2. The maximum atomic E-state index is 13.0. The first-order chi connectivity index (χ1) is 38.0. The molecule has 1 saturated heterocycles. The van der Waals surface area contributed by atoms with E-state index in [2.05, 4.69) is 49.8 Å². The van der Waals surface area contributed by atoms with Crippen LogP contribution in [0, 0.1) is 0 Å². The van der Waals surface area contributed by atoms with E-state index in [0.717, 1.165) is 35.3 Å². The van der Waals surface area contributed by atoms with Crippen molar-refractivity contribution >= 4 is 84.8 Å². The molecular formula is C52H69N9O15S4. The van der Waals surface area contributed by atoms with E-state index >= 15 is 0 Å². The van der Waals surface area contributed by atoms with Gasteiger partial charge in [0.2, 0.25) is 23.1 Å². The molecule has 1 unspecified atom stereocenters. The third-order valence-electron chi connectivity index (χ3n) is 13.3. The number of thiazole rings is 1. The van der Waals surface area contributed by atoms with Crippen molar-refractivity contribution in [2.24, 2.45) is 31.7 Å². The highest BCUT2D eigenvalue weighted by Crippen LogP contribution is 2.51. The molecule has 1 fully saturated rings. The number of benzene rings is 2. The van der Waals surface area contributed by atoms with Crippen molar-refractivity contribution in [3.63, 3.8) is 0 Å². The fourth-order valence-corrected chi connectivity index (χ4v) is 12.2. The van der Waals surface area contributed by atoms with Crippen LogP contribution < -0.4 is 47.3 Å². The first kappa shape index (κ1) is 63.1. The molecule has 8 rings (SSSR count). The highest BCUT2D eigenvalue weighted by molar-refractivity contribution is 7.98. The van der Waals surface area contributed by atoms with Gasteiger partial charge in [0.25, 0.3) is 0 Å². The van der Waals surface area contributed by atoms with Crippen LogP contribution in [0.1, 0.15) is 86.1 Å². The van der Waals surface area contributed by atoms with E-state index in [1.165, 1.54) is 72.5 Å². The minimum atomic E-state index is -3.92. The van der Waals surface area contributed by atoms with E-state index in [9.17, 15) is 48.3 Å². The maximum Gasteiger partial charge on any atom is 0.318 e. The van der Waals surface area contributed by atoms with Gasteiger partial charge in [-0.15, -0.1) is 27.5 Å². The van der Waals surface area contributed by atoms with Crippen LogP contribution in [0.4, 0.5) is 5.13 Å². The number of aliphatic imine (C=N–C) groups is 1. The van der Waals surface area contributed by atoms with Crippen LogP contribution in [0.25, 0.3) is 22.0 Å². The van der Waals surface area contributed by atoms with Gasteiger partial charge in [-0.2, -0.15) is 25.2 Å². The molecule has 0 saturated carbocycles. The lowest BCUT2D eigenvalue weighted by Crippen LogP contribution is -2.60. The van der Waals surface area contributed by atoms with Gasteiger partial charge in [-0.1, -0.05) is 38.1 Å². The number of nitrogens with one attached hydrogen (secondary N) is 2. The first-order valence-corrected chi connectivity index (χ1v) is 30.0. The van der Waals surface area contributed by atoms with E-state index in [-0.39, 0.29) is 41.1 Å². The Morgan fingerprint density at radius 3 is 2.40 bits per heavy atom. The molecule has 0 bridgehead atoms. The zero-order valence-electron chi connectivity index (χ0n) is 45.0. The molecule has 436 valence electrons. The van der Waals surface area contributed by atoms with Crippen molar-refractivity contribution in [1.29, 1.82) is 0 Å². The van der Waals surface area contributed by atoms with Crippen LogP contribution in [0.5, 0.6) is 17.2 Å². The van der Waals surface area contributed by atoms with Crippen molar-refractivity contribution in [1.82, 2.24) is 15.3 Å². The smallest absolute Gasteiger partial charge is 0.318 e. The number of guanidine groups is 1. The van der Waals surface area contributed by atoms with E-state index in [4.69, 9.17) is 46.0 Å². The Balaban J connectivity index is 0.000000212. The van der Waals surface area contributed by atoms with Crippen molar-refractivity contribution in [3.05, 3.63) is 91.7 Å². The number of nitrogens with two attached hydrogens (primary N) is 4. The molecule has 5 aromatic rings. The number of carboxylic acid groups (broad SMARTS) is 1. The predicted octanol–water partition coefficient (Wildman–Crippen LogP) is 3.37. The van der Waals surface area contributed by atoms with Gasteiger partial charge in [-0.3, -0.25) is 14.4 Å². The Labute approximate surface area is 474 Å². The second-order valence-corrected chi connectivity index (χ2v) is 22.6. The van der Waals surface area contributed by atoms with Gasteiger partial charge in [0, 0.05) is 46.7 Å². The number of para-hydroxylation sites is 1. The third kappa shape index (κ3) is 15.3. The van der Waals surface area contributed by atoms with Gasteiger partial charge in [0.05, 0.1) is 56.2 Å². The number of fused-ring (bicyclic) bond motifs is 6. The quantitative estimate of drug-likeness (QED) is 0.0259. The van der Waals surface area contributed by atoms with Crippen molar-refractivity contribution in [3.8, 4) is 28.4 Å². The third-order valence-corrected chi connectivity index (χ3v) is 16.4. The molecule has 2 aliphatic heterocycles. The minimum Gasteiger partial charge on any atom is -0.492 e. The fourth-order valence-electron chi connectivity index (χ4n) is 9.66. The van der Waals surface area contributed by atoms with E-state index in [0.29, 0.717) is 76.3 Å². The number of nitrogens with zero attached hydrogens (tertiary/aromatic N) is 3. The molecule has 80 heavy (non-hydrogen) atoms. The van der Waals surface area contributed by atoms with Gasteiger partial charge < -0.3 is 76.7 Å². The zero-order chi connectivity index (χ0) is 58.6. The fraction of sp³-hybridized carbons (Fsp3) is 0.462. The maximum absolute atomic E-state index is 13.0.